The largest absolute Gasteiger partial charge is 0.340 e. The van der Waals surface area contributed by atoms with Crippen LogP contribution in [0.1, 0.15) is 53.3 Å². The molecule has 0 fully saturated rings. The lowest BCUT2D eigenvalue weighted by Crippen LogP contribution is -1.98. The molecule has 1 heterocycles. The van der Waals surface area contributed by atoms with Crippen LogP contribution in [0.5, 0.6) is 0 Å². The number of carbonyl (C=O) groups excluding carboxylic acids is 2. The van der Waals surface area contributed by atoms with Crippen molar-refractivity contribution in [3.05, 3.63) is 47.5 Å². The van der Waals surface area contributed by atoms with Gasteiger partial charge in [0, 0.05) is 39.5 Å². The van der Waals surface area contributed by atoms with Crippen LogP contribution in [-0.2, 0) is 6.54 Å². The maximum atomic E-state index is 11.1. The molecule has 0 amide bonds. The third-order valence-electron chi connectivity index (χ3n) is 4.42. The molecule has 0 saturated heterocycles. The summed E-state index contributed by atoms with van der Waals surface area (Å²) >= 11 is 0. The Kier molecular flexibility index (Phi) is 4.56. The Morgan fingerprint density at radius 1 is 0.826 bits per heavy atom. The first-order chi connectivity index (χ1) is 11.3. The van der Waals surface area contributed by atoms with Gasteiger partial charge in [-0.1, -0.05) is 38.3 Å². The molecule has 0 atom stereocenters. The number of rotatable bonds is 7. The summed E-state index contributed by atoms with van der Waals surface area (Å²) in [7, 11) is 0. The van der Waals surface area contributed by atoms with Crippen molar-refractivity contribution in [3.8, 4) is 0 Å². The number of hydrogen-bond donors (Lipinski definition) is 0. The predicted molar refractivity (Wildman–Crippen MR) is 94.4 cm³/mol. The number of nitrogens with zero attached hydrogens (tertiary/aromatic N) is 1. The highest BCUT2D eigenvalue weighted by Gasteiger charge is 2.11. The second-order valence-corrected chi connectivity index (χ2v) is 6.00. The van der Waals surface area contributed by atoms with Crippen LogP contribution >= 0.6 is 0 Å². The van der Waals surface area contributed by atoms with Gasteiger partial charge in [-0.25, -0.2) is 0 Å². The molecule has 0 radical (unpaired) electrons. The normalized spacial score (nSPS) is 11.2. The van der Waals surface area contributed by atoms with Gasteiger partial charge in [0.05, 0.1) is 0 Å². The molecule has 0 bridgehead atoms. The summed E-state index contributed by atoms with van der Waals surface area (Å²) < 4.78 is 2.28. The van der Waals surface area contributed by atoms with Gasteiger partial charge in [-0.15, -0.1) is 0 Å². The Balaban J connectivity index is 2.15. The van der Waals surface area contributed by atoms with Gasteiger partial charge >= 0.3 is 0 Å². The number of aldehydes is 2. The Hall–Kier alpha value is -2.42. The molecule has 0 saturated carbocycles. The van der Waals surface area contributed by atoms with Gasteiger partial charge in [-0.3, -0.25) is 9.59 Å². The Labute approximate surface area is 135 Å². The molecule has 1 aromatic heterocycles. The van der Waals surface area contributed by atoms with Crippen LogP contribution in [0.4, 0.5) is 0 Å². The van der Waals surface area contributed by atoms with E-state index in [1.165, 1.54) is 19.3 Å². The first kappa shape index (κ1) is 15.5. The minimum absolute atomic E-state index is 0.682. The summed E-state index contributed by atoms with van der Waals surface area (Å²) in [6.45, 7) is 3.14. The van der Waals surface area contributed by atoms with Gasteiger partial charge in [-0.05, 0) is 30.7 Å². The van der Waals surface area contributed by atoms with Gasteiger partial charge in [0.25, 0.3) is 0 Å². The number of carbonyl (C=O) groups is 2. The molecule has 2 aromatic carbocycles. The van der Waals surface area contributed by atoms with Crippen molar-refractivity contribution in [1.82, 2.24) is 4.57 Å². The lowest BCUT2D eigenvalue weighted by molar-refractivity contribution is 0.111. The molecule has 0 N–H and O–H groups in total. The molecule has 0 aliphatic rings. The fourth-order valence-corrected chi connectivity index (χ4v) is 3.22. The zero-order valence-corrected chi connectivity index (χ0v) is 13.4. The smallest absolute Gasteiger partial charge is 0.150 e. The van der Waals surface area contributed by atoms with Crippen molar-refractivity contribution >= 4 is 34.4 Å². The van der Waals surface area contributed by atoms with E-state index in [0.29, 0.717) is 11.1 Å². The summed E-state index contributed by atoms with van der Waals surface area (Å²) in [6, 6.07) is 11.6. The molecular formula is C20H21NO2. The minimum atomic E-state index is 0.682. The Bertz CT molecular complexity index is 861. The van der Waals surface area contributed by atoms with E-state index in [4.69, 9.17) is 0 Å². The maximum absolute atomic E-state index is 11.1. The maximum Gasteiger partial charge on any atom is 0.150 e. The van der Waals surface area contributed by atoms with Crippen molar-refractivity contribution in [2.45, 2.75) is 39.2 Å². The summed E-state index contributed by atoms with van der Waals surface area (Å²) in [5.74, 6) is 0. The Morgan fingerprint density at radius 2 is 1.57 bits per heavy atom. The molecule has 0 spiro atoms. The number of unbranched alkanes of at least 4 members (excludes halogenated alkanes) is 3. The van der Waals surface area contributed by atoms with Crippen LogP contribution in [0.15, 0.2) is 36.4 Å². The Morgan fingerprint density at radius 3 is 2.30 bits per heavy atom. The molecule has 0 unspecified atom stereocenters. The lowest BCUT2D eigenvalue weighted by Gasteiger charge is -2.07. The zero-order valence-electron chi connectivity index (χ0n) is 13.4. The summed E-state index contributed by atoms with van der Waals surface area (Å²) in [5, 5.41) is 2.18. The molecular weight excluding hydrogens is 286 g/mol. The van der Waals surface area contributed by atoms with Crippen LogP contribution in [0.25, 0.3) is 21.8 Å². The number of aryl methyl sites for hydroxylation is 1. The van der Waals surface area contributed by atoms with Crippen molar-refractivity contribution in [1.29, 1.82) is 0 Å². The summed E-state index contributed by atoms with van der Waals surface area (Å²) in [4.78, 5) is 22.2. The van der Waals surface area contributed by atoms with E-state index in [2.05, 4.69) is 11.5 Å². The van der Waals surface area contributed by atoms with E-state index in [1.807, 2.05) is 36.4 Å². The molecule has 3 nitrogen and oxygen atoms in total. The third-order valence-corrected chi connectivity index (χ3v) is 4.42. The average molecular weight is 307 g/mol. The zero-order chi connectivity index (χ0) is 16.2. The standard InChI is InChI=1S/C20H21NO2/c1-2-3-4-5-10-21-19-9-7-15(13-22)11-18(19)17-8-6-16(14-23)12-20(17)21/h6-9,11-14H,2-5,10H2,1H3. The average Bonchev–Trinajstić information content (AvgIpc) is 2.91. The van der Waals surface area contributed by atoms with Crippen molar-refractivity contribution in [3.63, 3.8) is 0 Å². The number of fused-ring (bicyclic) bond motifs is 3. The topological polar surface area (TPSA) is 39.1 Å². The van der Waals surface area contributed by atoms with Crippen LogP contribution < -0.4 is 0 Å². The number of aromatic nitrogens is 1. The second-order valence-electron chi connectivity index (χ2n) is 6.00. The van der Waals surface area contributed by atoms with Crippen LogP contribution in [0.2, 0.25) is 0 Å². The predicted octanol–water partition coefficient (Wildman–Crippen LogP) is 5.00. The minimum Gasteiger partial charge on any atom is -0.340 e. The second kappa shape index (κ2) is 6.78. The molecule has 3 rings (SSSR count). The number of hydrogen-bond acceptors (Lipinski definition) is 2. The molecule has 118 valence electrons. The highest BCUT2D eigenvalue weighted by Crippen LogP contribution is 2.30. The quantitative estimate of drug-likeness (QED) is 0.455. The van der Waals surface area contributed by atoms with Crippen molar-refractivity contribution < 1.29 is 9.59 Å². The van der Waals surface area contributed by atoms with E-state index < -0.39 is 0 Å². The summed E-state index contributed by atoms with van der Waals surface area (Å²) in [5.41, 5.74) is 3.57. The van der Waals surface area contributed by atoms with Gasteiger partial charge in [0.1, 0.15) is 12.6 Å². The lowest BCUT2D eigenvalue weighted by atomic mass is 10.1. The van der Waals surface area contributed by atoms with Gasteiger partial charge in [0.2, 0.25) is 0 Å². The van der Waals surface area contributed by atoms with Gasteiger partial charge in [0.15, 0.2) is 0 Å². The first-order valence-electron chi connectivity index (χ1n) is 8.25. The van der Waals surface area contributed by atoms with E-state index in [0.717, 1.165) is 47.3 Å². The van der Waals surface area contributed by atoms with Crippen LogP contribution in [0.3, 0.4) is 0 Å². The highest BCUT2D eigenvalue weighted by atomic mass is 16.1. The van der Waals surface area contributed by atoms with Crippen molar-refractivity contribution in [2.24, 2.45) is 0 Å². The molecule has 0 aliphatic carbocycles. The molecule has 3 heteroatoms. The third kappa shape index (κ3) is 2.91. The van der Waals surface area contributed by atoms with Crippen molar-refractivity contribution in [2.75, 3.05) is 0 Å². The SMILES string of the molecule is CCCCCCn1c2ccc(C=O)cc2c2ccc(C=O)cc21. The monoisotopic (exact) mass is 307 g/mol. The van der Waals surface area contributed by atoms with Gasteiger partial charge in [-0.2, -0.15) is 0 Å². The number of benzene rings is 2. The molecule has 3 aromatic rings. The van der Waals surface area contributed by atoms with Crippen LogP contribution in [0, 0.1) is 0 Å². The van der Waals surface area contributed by atoms with Crippen LogP contribution in [-0.4, -0.2) is 17.1 Å². The van der Waals surface area contributed by atoms with E-state index in [-0.39, 0.29) is 0 Å². The van der Waals surface area contributed by atoms with E-state index >= 15 is 0 Å². The summed E-state index contributed by atoms with van der Waals surface area (Å²) in [6.07, 6.45) is 6.54. The highest BCUT2D eigenvalue weighted by molar-refractivity contribution is 6.10. The molecule has 23 heavy (non-hydrogen) atoms. The van der Waals surface area contributed by atoms with Gasteiger partial charge < -0.3 is 4.57 Å². The first-order valence-corrected chi connectivity index (χ1v) is 8.25. The van der Waals surface area contributed by atoms with E-state index in [1.54, 1.807) is 0 Å². The molecule has 0 aliphatic heterocycles. The fraction of sp³-hybridized carbons (Fsp3) is 0.300. The van der Waals surface area contributed by atoms with E-state index in [9.17, 15) is 9.59 Å². The fourth-order valence-electron chi connectivity index (χ4n) is 3.22.